The Balaban J connectivity index is 1.92. The summed E-state index contributed by atoms with van der Waals surface area (Å²) in [4.78, 5) is 23.7. The van der Waals surface area contributed by atoms with E-state index in [-0.39, 0.29) is 11.9 Å². The topological polar surface area (TPSA) is 52.6 Å². The van der Waals surface area contributed by atoms with Crippen LogP contribution in [0.15, 0.2) is 48.5 Å². The quantitative estimate of drug-likeness (QED) is 0.302. The van der Waals surface area contributed by atoms with Crippen LogP contribution in [0.4, 0.5) is 0 Å². The van der Waals surface area contributed by atoms with E-state index in [2.05, 4.69) is 6.92 Å². The Kier molecular flexibility index (Phi) is 8.56. The molecule has 0 amide bonds. The molecule has 0 atom stereocenters. The van der Waals surface area contributed by atoms with Crippen LogP contribution in [0.3, 0.4) is 0 Å². The fraction of sp³-hybridized carbons (Fsp3) is 0.391. The first-order valence-corrected chi connectivity index (χ1v) is 9.72. The minimum absolute atomic E-state index is 0.202. The lowest BCUT2D eigenvalue weighted by atomic mass is 10.0. The normalized spacial score (nSPS) is 10.4. The minimum atomic E-state index is -0.285. The van der Waals surface area contributed by atoms with E-state index < -0.39 is 0 Å². The Morgan fingerprint density at radius 3 is 1.96 bits per heavy atom. The van der Waals surface area contributed by atoms with Crippen LogP contribution in [0.1, 0.15) is 62.7 Å². The number of hydrogen-bond donors (Lipinski definition) is 0. The molecule has 0 saturated carbocycles. The number of ether oxygens (including phenoxy) is 2. The highest BCUT2D eigenvalue weighted by molar-refractivity contribution is 5.90. The van der Waals surface area contributed by atoms with E-state index in [1.807, 2.05) is 31.2 Å². The van der Waals surface area contributed by atoms with Gasteiger partial charge < -0.3 is 9.47 Å². The third-order valence-electron chi connectivity index (χ3n) is 4.26. The molecule has 0 aliphatic rings. The van der Waals surface area contributed by atoms with E-state index >= 15 is 0 Å². The van der Waals surface area contributed by atoms with Gasteiger partial charge in [0.2, 0.25) is 0 Å². The van der Waals surface area contributed by atoms with Gasteiger partial charge in [0.05, 0.1) is 12.2 Å². The van der Waals surface area contributed by atoms with Crippen molar-refractivity contribution in [2.24, 2.45) is 0 Å². The lowest BCUT2D eigenvalue weighted by Gasteiger charge is -2.07. The molecule has 0 aliphatic heterocycles. The summed E-state index contributed by atoms with van der Waals surface area (Å²) in [7, 11) is 0. The van der Waals surface area contributed by atoms with Crippen molar-refractivity contribution in [3.63, 3.8) is 0 Å². The molecule has 2 rings (SSSR count). The molecule has 4 heteroatoms. The second kappa shape index (κ2) is 11.2. The van der Waals surface area contributed by atoms with Crippen LogP contribution >= 0.6 is 0 Å². The zero-order valence-electron chi connectivity index (χ0n) is 16.2. The molecule has 0 heterocycles. The van der Waals surface area contributed by atoms with Crippen LogP contribution in [-0.4, -0.2) is 18.5 Å². The SMILES string of the molecule is CCCCCOC(=O)c1ccc(-c2ccc(OC(=O)CCCC)cc2)cc1. The van der Waals surface area contributed by atoms with Gasteiger partial charge in [-0.3, -0.25) is 4.79 Å². The number of carbonyl (C=O) groups is 2. The van der Waals surface area contributed by atoms with Gasteiger partial charge >= 0.3 is 11.9 Å². The Bertz CT molecular complexity index is 717. The first-order valence-electron chi connectivity index (χ1n) is 9.72. The summed E-state index contributed by atoms with van der Waals surface area (Å²) < 4.78 is 10.6. The summed E-state index contributed by atoms with van der Waals surface area (Å²) >= 11 is 0. The van der Waals surface area contributed by atoms with Gasteiger partial charge in [-0.1, -0.05) is 57.4 Å². The van der Waals surface area contributed by atoms with E-state index in [0.717, 1.165) is 43.2 Å². The smallest absolute Gasteiger partial charge is 0.338 e. The van der Waals surface area contributed by atoms with Crippen LogP contribution < -0.4 is 4.74 Å². The Hall–Kier alpha value is -2.62. The highest BCUT2D eigenvalue weighted by Gasteiger charge is 2.08. The predicted octanol–water partition coefficient (Wildman–Crippen LogP) is 5.80. The molecule has 4 nitrogen and oxygen atoms in total. The second-order valence-electron chi connectivity index (χ2n) is 6.52. The summed E-state index contributed by atoms with van der Waals surface area (Å²) in [5.41, 5.74) is 2.53. The van der Waals surface area contributed by atoms with Gasteiger partial charge in [0, 0.05) is 6.42 Å². The lowest BCUT2D eigenvalue weighted by Crippen LogP contribution is -2.07. The van der Waals surface area contributed by atoms with Crippen LogP contribution in [0.2, 0.25) is 0 Å². The molecule has 2 aromatic rings. The Labute approximate surface area is 161 Å². The molecule has 0 N–H and O–H groups in total. The first-order chi connectivity index (χ1) is 13.1. The fourth-order valence-electron chi connectivity index (χ4n) is 2.62. The van der Waals surface area contributed by atoms with Crippen molar-refractivity contribution in [1.29, 1.82) is 0 Å². The third-order valence-corrected chi connectivity index (χ3v) is 4.26. The molecule has 0 aromatic heterocycles. The molecule has 144 valence electrons. The molecule has 0 fully saturated rings. The molecule has 0 aliphatic carbocycles. The van der Waals surface area contributed by atoms with Gasteiger partial charge in [0.1, 0.15) is 5.75 Å². The summed E-state index contributed by atoms with van der Waals surface area (Å²) in [5.74, 6) is 0.0607. The highest BCUT2D eigenvalue weighted by atomic mass is 16.5. The van der Waals surface area contributed by atoms with Crippen LogP contribution in [0.5, 0.6) is 5.75 Å². The number of carbonyl (C=O) groups excluding carboxylic acids is 2. The summed E-state index contributed by atoms with van der Waals surface area (Å²) in [6.45, 7) is 4.62. The van der Waals surface area contributed by atoms with Crippen molar-refractivity contribution in [3.05, 3.63) is 54.1 Å². The van der Waals surface area contributed by atoms with E-state index in [0.29, 0.717) is 24.3 Å². The summed E-state index contributed by atoms with van der Waals surface area (Å²) in [5, 5.41) is 0. The number of rotatable bonds is 10. The molecule has 0 saturated heterocycles. The van der Waals surface area contributed by atoms with Crippen molar-refractivity contribution in [2.45, 2.75) is 52.4 Å². The number of hydrogen-bond acceptors (Lipinski definition) is 4. The van der Waals surface area contributed by atoms with Crippen LogP contribution in [-0.2, 0) is 9.53 Å². The Morgan fingerprint density at radius 2 is 1.37 bits per heavy atom. The van der Waals surface area contributed by atoms with Gasteiger partial charge in [-0.2, -0.15) is 0 Å². The fourth-order valence-corrected chi connectivity index (χ4v) is 2.62. The van der Waals surface area contributed by atoms with E-state index in [4.69, 9.17) is 9.47 Å². The molecule has 0 bridgehead atoms. The number of unbranched alkanes of at least 4 members (excludes halogenated alkanes) is 3. The van der Waals surface area contributed by atoms with Crippen LogP contribution in [0, 0.1) is 0 Å². The van der Waals surface area contributed by atoms with Crippen molar-refractivity contribution >= 4 is 11.9 Å². The maximum atomic E-state index is 12.0. The van der Waals surface area contributed by atoms with Gasteiger partial charge in [-0.15, -0.1) is 0 Å². The van der Waals surface area contributed by atoms with E-state index in [1.54, 1.807) is 24.3 Å². The Morgan fingerprint density at radius 1 is 0.778 bits per heavy atom. The summed E-state index contributed by atoms with van der Waals surface area (Å²) in [6, 6.07) is 14.7. The first kappa shape index (κ1) is 20.7. The molecule has 0 unspecified atom stereocenters. The standard InChI is InChI=1S/C23H28O4/c1-3-5-7-17-26-23(25)20-11-9-18(10-12-20)19-13-15-21(16-14-19)27-22(24)8-6-4-2/h9-16H,3-8,17H2,1-2H3. The van der Waals surface area contributed by atoms with Crippen molar-refractivity contribution in [1.82, 2.24) is 0 Å². The van der Waals surface area contributed by atoms with Crippen molar-refractivity contribution in [2.75, 3.05) is 6.61 Å². The minimum Gasteiger partial charge on any atom is -0.462 e. The average molecular weight is 368 g/mol. The number of benzene rings is 2. The molecule has 0 radical (unpaired) electrons. The number of esters is 2. The largest absolute Gasteiger partial charge is 0.462 e. The van der Waals surface area contributed by atoms with Crippen LogP contribution in [0.25, 0.3) is 11.1 Å². The zero-order chi connectivity index (χ0) is 19.5. The maximum absolute atomic E-state index is 12.0. The second-order valence-corrected chi connectivity index (χ2v) is 6.52. The van der Waals surface area contributed by atoms with E-state index in [1.165, 1.54) is 0 Å². The van der Waals surface area contributed by atoms with E-state index in [9.17, 15) is 9.59 Å². The molecule has 0 spiro atoms. The van der Waals surface area contributed by atoms with Gasteiger partial charge in [0.15, 0.2) is 0 Å². The third kappa shape index (κ3) is 6.89. The molecule has 27 heavy (non-hydrogen) atoms. The van der Waals surface area contributed by atoms with Crippen molar-refractivity contribution < 1.29 is 19.1 Å². The summed E-state index contributed by atoms with van der Waals surface area (Å²) in [6.07, 6.45) is 5.31. The molecular formula is C23H28O4. The maximum Gasteiger partial charge on any atom is 0.338 e. The van der Waals surface area contributed by atoms with Gasteiger partial charge in [0.25, 0.3) is 0 Å². The predicted molar refractivity (Wildman–Crippen MR) is 107 cm³/mol. The molecule has 2 aromatic carbocycles. The highest BCUT2D eigenvalue weighted by Crippen LogP contribution is 2.23. The average Bonchev–Trinajstić information content (AvgIpc) is 2.70. The monoisotopic (exact) mass is 368 g/mol. The zero-order valence-corrected chi connectivity index (χ0v) is 16.2. The van der Waals surface area contributed by atoms with Gasteiger partial charge in [-0.05, 0) is 48.2 Å². The lowest BCUT2D eigenvalue weighted by molar-refractivity contribution is -0.134. The van der Waals surface area contributed by atoms with Gasteiger partial charge in [-0.25, -0.2) is 4.79 Å². The van der Waals surface area contributed by atoms with Crippen molar-refractivity contribution in [3.8, 4) is 16.9 Å². The molecular weight excluding hydrogens is 340 g/mol.